The maximum atomic E-state index is 13.3. The maximum Gasteiger partial charge on any atom is 0.242 e. The molecule has 1 aromatic heterocycles. The second kappa shape index (κ2) is 10.3. The smallest absolute Gasteiger partial charge is 0.242 e. The van der Waals surface area contributed by atoms with Gasteiger partial charge in [0.25, 0.3) is 0 Å². The Morgan fingerprint density at radius 1 is 0.967 bits per heavy atom. The number of nitrogens with zero attached hydrogens (tertiary/aromatic N) is 2. The van der Waals surface area contributed by atoms with Gasteiger partial charge < -0.3 is 10.2 Å². The third-order valence-electron chi connectivity index (χ3n) is 4.82. The SMILES string of the molecule is CC(C(=O)NCc1cccnc1)N(Cc1ccc(F)cc1)C(=O)Cc1ccccc1. The summed E-state index contributed by atoms with van der Waals surface area (Å²) in [5.74, 6) is -0.778. The lowest BCUT2D eigenvalue weighted by molar-refractivity contribution is -0.140. The Balaban J connectivity index is 1.73. The fraction of sp³-hybridized carbons (Fsp3) is 0.208. The summed E-state index contributed by atoms with van der Waals surface area (Å²) < 4.78 is 13.3. The van der Waals surface area contributed by atoms with Crippen LogP contribution in [-0.2, 0) is 29.1 Å². The summed E-state index contributed by atoms with van der Waals surface area (Å²) in [5, 5.41) is 2.86. The van der Waals surface area contributed by atoms with Crippen molar-refractivity contribution in [3.05, 3.63) is 102 Å². The fourth-order valence-electron chi connectivity index (χ4n) is 3.08. The van der Waals surface area contributed by atoms with E-state index < -0.39 is 6.04 Å². The number of carbonyl (C=O) groups is 2. The molecule has 30 heavy (non-hydrogen) atoms. The molecule has 2 amide bonds. The number of carbonyl (C=O) groups excluding carboxylic acids is 2. The van der Waals surface area contributed by atoms with Crippen LogP contribution in [0.2, 0.25) is 0 Å². The molecule has 0 bridgehead atoms. The standard InChI is InChI=1S/C24H24FN3O2/c1-18(24(30)27-16-21-8-5-13-26-15-21)28(17-20-9-11-22(25)12-10-20)23(29)14-19-6-3-2-4-7-19/h2-13,15,18H,14,16-17H2,1H3,(H,27,30). The molecule has 0 spiro atoms. The molecule has 2 aromatic carbocycles. The van der Waals surface area contributed by atoms with E-state index in [4.69, 9.17) is 0 Å². The average Bonchev–Trinajstić information content (AvgIpc) is 2.78. The molecule has 1 atom stereocenters. The van der Waals surface area contributed by atoms with Crippen LogP contribution in [0.3, 0.4) is 0 Å². The van der Waals surface area contributed by atoms with Crippen molar-refractivity contribution >= 4 is 11.8 Å². The molecule has 3 aromatic rings. The van der Waals surface area contributed by atoms with Crippen LogP contribution in [0.4, 0.5) is 4.39 Å². The van der Waals surface area contributed by atoms with E-state index in [2.05, 4.69) is 10.3 Å². The Kier molecular flexibility index (Phi) is 7.27. The number of rotatable bonds is 8. The maximum absolute atomic E-state index is 13.3. The highest BCUT2D eigenvalue weighted by molar-refractivity contribution is 5.88. The van der Waals surface area contributed by atoms with E-state index in [1.54, 1.807) is 37.5 Å². The minimum Gasteiger partial charge on any atom is -0.350 e. The van der Waals surface area contributed by atoms with Crippen LogP contribution in [0.1, 0.15) is 23.6 Å². The Bertz CT molecular complexity index is 963. The topological polar surface area (TPSA) is 62.3 Å². The summed E-state index contributed by atoms with van der Waals surface area (Å²) in [7, 11) is 0. The van der Waals surface area contributed by atoms with Crippen LogP contribution in [0.15, 0.2) is 79.1 Å². The van der Waals surface area contributed by atoms with Gasteiger partial charge in [-0.25, -0.2) is 4.39 Å². The minimum atomic E-state index is -0.692. The molecule has 5 nitrogen and oxygen atoms in total. The van der Waals surface area contributed by atoms with Gasteiger partial charge in [-0.1, -0.05) is 48.5 Å². The molecule has 6 heteroatoms. The van der Waals surface area contributed by atoms with Crippen LogP contribution in [-0.4, -0.2) is 27.7 Å². The van der Waals surface area contributed by atoms with Crippen molar-refractivity contribution in [3.63, 3.8) is 0 Å². The van der Waals surface area contributed by atoms with E-state index in [-0.39, 0.29) is 30.6 Å². The second-order valence-electron chi connectivity index (χ2n) is 7.07. The van der Waals surface area contributed by atoms with E-state index in [9.17, 15) is 14.0 Å². The molecular formula is C24H24FN3O2. The zero-order valence-electron chi connectivity index (χ0n) is 16.8. The normalized spacial score (nSPS) is 11.5. The van der Waals surface area contributed by atoms with Gasteiger partial charge >= 0.3 is 0 Å². The van der Waals surface area contributed by atoms with Gasteiger partial charge in [0.2, 0.25) is 11.8 Å². The third-order valence-corrected chi connectivity index (χ3v) is 4.82. The molecule has 0 fully saturated rings. The van der Waals surface area contributed by atoms with Crippen molar-refractivity contribution in [1.82, 2.24) is 15.2 Å². The summed E-state index contributed by atoms with van der Waals surface area (Å²) >= 11 is 0. The third kappa shape index (κ3) is 5.98. The van der Waals surface area contributed by atoms with E-state index in [0.717, 1.165) is 16.7 Å². The van der Waals surface area contributed by atoms with Crippen molar-refractivity contribution in [3.8, 4) is 0 Å². The summed E-state index contributed by atoms with van der Waals surface area (Å²) in [6.07, 6.45) is 3.53. The van der Waals surface area contributed by atoms with Crippen molar-refractivity contribution in [2.75, 3.05) is 0 Å². The molecule has 0 aliphatic carbocycles. The minimum absolute atomic E-state index is 0.172. The second-order valence-corrected chi connectivity index (χ2v) is 7.07. The summed E-state index contributed by atoms with van der Waals surface area (Å²) in [6, 6.07) is 18.3. The number of pyridine rings is 1. The van der Waals surface area contributed by atoms with Crippen LogP contribution < -0.4 is 5.32 Å². The highest BCUT2D eigenvalue weighted by Gasteiger charge is 2.26. The van der Waals surface area contributed by atoms with Gasteiger partial charge in [0.1, 0.15) is 11.9 Å². The van der Waals surface area contributed by atoms with Crippen LogP contribution >= 0.6 is 0 Å². The molecule has 0 aliphatic rings. The van der Waals surface area contributed by atoms with Gasteiger partial charge in [0, 0.05) is 25.5 Å². The van der Waals surface area contributed by atoms with E-state index in [1.807, 2.05) is 36.4 Å². The zero-order valence-corrected chi connectivity index (χ0v) is 16.8. The fourth-order valence-corrected chi connectivity index (χ4v) is 3.08. The number of hydrogen-bond acceptors (Lipinski definition) is 3. The molecule has 1 heterocycles. The summed E-state index contributed by atoms with van der Waals surface area (Å²) in [4.78, 5) is 31.4. The first-order valence-electron chi connectivity index (χ1n) is 9.77. The molecule has 1 unspecified atom stereocenters. The molecule has 0 aliphatic heterocycles. The van der Waals surface area contributed by atoms with E-state index in [0.29, 0.717) is 6.54 Å². The van der Waals surface area contributed by atoms with Gasteiger partial charge in [-0.3, -0.25) is 14.6 Å². The highest BCUT2D eigenvalue weighted by Crippen LogP contribution is 2.13. The van der Waals surface area contributed by atoms with Gasteiger partial charge in [0.05, 0.1) is 6.42 Å². The lowest BCUT2D eigenvalue weighted by Gasteiger charge is -2.29. The zero-order chi connectivity index (χ0) is 21.3. The average molecular weight is 405 g/mol. The lowest BCUT2D eigenvalue weighted by atomic mass is 10.1. The molecule has 1 N–H and O–H groups in total. The van der Waals surface area contributed by atoms with Gasteiger partial charge in [0.15, 0.2) is 0 Å². The molecule has 0 radical (unpaired) electrons. The number of nitrogens with one attached hydrogen (secondary N) is 1. The number of benzene rings is 2. The van der Waals surface area contributed by atoms with Gasteiger partial charge in [-0.15, -0.1) is 0 Å². The Morgan fingerprint density at radius 3 is 2.33 bits per heavy atom. The number of amides is 2. The first kappa shape index (κ1) is 21.2. The van der Waals surface area contributed by atoms with E-state index >= 15 is 0 Å². The first-order valence-corrected chi connectivity index (χ1v) is 9.77. The summed E-state index contributed by atoms with van der Waals surface area (Å²) in [5.41, 5.74) is 2.50. The first-order chi connectivity index (χ1) is 14.5. The predicted octanol–water partition coefficient (Wildman–Crippen LogP) is 3.50. The Morgan fingerprint density at radius 2 is 1.67 bits per heavy atom. The van der Waals surface area contributed by atoms with Gasteiger partial charge in [-0.05, 0) is 41.8 Å². The lowest BCUT2D eigenvalue weighted by Crippen LogP contribution is -2.48. The number of aromatic nitrogens is 1. The van der Waals surface area contributed by atoms with Gasteiger partial charge in [-0.2, -0.15) is 0 Å². The van der Waals surface area contributed by atoms with Crippen molar-refractivity contribution in [2.24, 2.45) is 0 Å². The quantitative estimate of drug-likeness (QED) is 0.624. The molecule has 3 rings (SSSR count). The molecule has 0 saturated heterocycles. The monoisotopic (exact) mass is 405 g/mol. The van der Waals surface area contributed by atoms with Crippen LogP contribution in [0.5, 0.6) is 0 Å². The summed E-state index contributed by atoms with van der Waals surface area (Å²) in [6.45, 7) is 2.24. The number of hydrogen-bond donors (Lipinski definition) is 1. The molecular weight excluding hydrogens is 381 g/mol. The van der Waals surface area contributed by atoms with Crippen LogP contribution in [0.25, 0.3) is 0 Å². The highest BCUT2D eigenvalue weighted by atomic mass is 19.1. The molecule has 154 valence electrons. The van der Waals surface area contributed by atoms with Crippen molar-refractivity contribution in [2.45, 2.75) is 32.5 Å². The predicted molar refractivity (Wildman–Crippen MR) is 113 cm³/mol. The molecule has 0 saturated carbocycles. The Hall–Kier alpha value is -3.54. The number of halogens is 1. The largest absolute Gasteiger partial charge is 0.350 e. The van der Waals surface area contributed by atoms with Crippen LogP contribution in [0, 0.1) is 5.82 Å². The van der Waals surface area contributed by atoms with Crippen molar-refractivity contribution in [1.29, 1.82) is 0 Å². The van der Waals surface area contributed by atoms with E-state index in [1.165, 1.54) is 17.0 Å². The van der Waals surface area contributed by atoms with Crippen molar-refractivity contribution < 1.29 is 14.0 Å². The Labute approximate surface area is 175 Å².